The van der Waals surface area contributed by atoms with Crippen molar-refractivity contribution in [3.8, 4) is 0 Å². The number of hydrogen-bond acceptors (Lipinski definition) is 4. The number of hydrogen-bond donors (Lipinski definition) is 1. The van der Waals surface area contributed by atoms with Crippen molar-refractivity contribution in [1.29, 1.82) is 0 Å². The molecule has 1 aromatic carbocycles. The minimum atomic E-state index is -0.516. The molecule has 6 heteroatoms. The molecule has 126 valence electrons. The molecule has 0 radical (unpaired) electrons. The van der Waals surface area contributed by atoms with Crippen molar-refractivity contribution in [3.05, 3.63) is 92.0 Å². The van der Waals surface area contributed by atoms with Gasteiger partial charge in [0.2, 0.25) is 0 Å². The molecule has 0 aliphatic carbocycles. The molecule has 2 aromatic heterocycles. The first kappa shape index (κ1) is 16.9. The molecule has 5 nitrogen and oxygen atoms in total. The summed E-state index contributed by atoms with van der Waals surface area (Å²) in [5.41, 5.74) is 4.23. The molecule has 2 heterocycles. The van der Waals surface area contributed by atoms with E-state index in [1.807, 2.05) is 48.7 Å². The number of thiophene rings is 1. The minimum absolute atomic E-state index is 0.0680. The molecular weight excluding hydrogens is 334 g/mol. The van der Waals surface area contributed by atoms with E-state index in [1.54, 1.807) is 18.5 Å². The van der Waals surface area contributed by atoms with Gasteiger partial charge in [-0.15, -0.1) is 11.3 Å². The average Bonchev–Trinajstić information content (AvgIpc) is 3.03. The third-order valence-electron chi connectivity index (χ3n) is 3.71. The fourth-order valence-corrected chi connectivity index (χ4v) is 3.13. The second kappa shape index (κ2) is 7.72. The predicted octanol–water partition coefficient (Wildman–Crippen LogP) is 3.03. The lowest BCUT2D eigenvalue weighted by atomic mass is 10.2. The third kappa shape index (κ3) is 4.10. The van der Waals surface area contributed by atoms with Gasteiger partial charge < -0.3 is 4.57 Å². The summed E-state index contributed by atoms with van der Waals surface area (Å²) >= 11 is 1.54. The van der Waals surface area contributed by atoms with Gasteiger partial charge in [-0.25, -0.2) is 5.43 Å². The van der Waals surface area contributed by atoms with Crippen LogP contribution in [0.25, 0.3) is 0 Å². The summed E-state index contributed by atoms with van der Waals surface area (Å²) in [6, 6.07) is 14.8. The Kier molecular flexibility index (Phi) is 5.20. The molecule has 3 aromatic rings. The number of aromatic nitrogens is 1. The van der Waals surface area contributed by atoms with Gasteiger partial charge in [-0.3, -0.25) is 9.59 Å². The quantitative estimate of drug-likeness (QED) is 0.567. The number of carbonyl (C=O) groups excluding carboxylic acids is 1. The van der Waals surface area contributed by atoms with Crippen molar-refractivity contribution in [2.24, 2.45) is 5.10 Å². The first-order valence-electron chi connectivity index (χ1n) is 7.76. The van der Waals surface area contributed by atoms with E-state index in [2.05, 4.69) is 10.5 Å². The highest BCUT2D eigenvalue weighted by Crippen LogP contribution is 2.12. The lowest BCUT2D eigenvalue weighted by Crippen LogP contribution is -2.30. The van der Waals surface area contributed by atoms with Crippen LogP contribution in [-0.2, 0) is 6.54 Å². The number of pyridine rings is 1. The van der Waals surface area contributed by atoms with Crippen LogP contribution < -0.4 is 11.0 Å². The lowest BCUT2D eigenvalue weighted by molar-refractivity contribution is 0.0953. The van der Waals surface area contributed by atoms with E-state index in [4.69, 9.17) is 0 Å². The molecule has 3 rings (SSSR count). The van der Waals surface area contributed by atoms with E-state index >= 15 is 0 Å². The summed E-state index contributed by atoms with van der Waals surface area (Å²) in [6.45, 7) is 2.39. The van der Waals surface area contributed by atoms with E-state index in [-0.39, 0.29) is 11.1 Å². The highest BCUT2D eigenvalue weighted by molar-refractivity contribution is 7.11. The summed E-state index contributed by atoms with van der Waals surface area (Å²) in [6.07, 6.45) is 3.26. The highest BCUT2D eigenvalue weighted by atomic mass is 32.1. The first-order chi connectivity index (χ1) is 12.1. The molecule has 0 aliphatic heterocycles. The summed E-state index contributed by atoms with van der Waals surface area (Å²) < 4.78 is 1.51. The molecule has 0 aliphatic rings. The molecule has 0 spiro atoms. The molecule has 0 saturated heterocycles. The minimum Gasteiger partial charge on any atom is -0.310 e. The Bertz CT molecular complexity index is 958. The largest absolute Gasteiger partial charge is 0.310 e. The monoisotopic (exact) mass is 351 g/mol. The zero-order valence-corrected chi connectivity index (χ0v) is 14.5. The van der Waals surface area contributed by atoms with Crippen LogP contribution in [0.5, 0.6) is 0 Å². The maximum absolute atomic E-state index is 12.5. The van der Waals surface area contributed by atoms with E-state index in [0.717, 1.165) is 16.0 Å². The number of hydrazone groups is 1. The van der Waals surface area contributed by atoms with E-state index in [0.29, 0.717) is 6.54 Å². The third-order valence-corrected chi connectivity index (χ3v) is 4.66. The maximum Gasteiger partial charge on any atom is 0.276 e. The lowest BCUT2D eigenvalue weighted by Gasteiger charge is -2.07. The van der Waals surface area contributed by atoms with Crippen LogP contribution in [0.15, 0.2) is 70.0 Å². The Hall–Kier alpha value is -2.99. The van der Waals surface area contributed by atoms with Crippen molar-refractivity contribution in [3.63, 3.8) is 0 Å². The number of nitrogens with one attached hydrogen (secondary N) is 1. The average molecular weight is 351 g/mol. The number of aryl methyl sites for hydroxylation is 1. The van der Waals surface area contributed by atoms with Crippen molar-refractivity contribution in [2.75, 3.05) is 0 Å². The topological polar surface area (TPSA) is 63.5 Å². The van der Waals surface area contributed by atoms with Gasteiger partial charge in [-0.2, -0.15) is 5.10 Å². The fourth-order valence-electron chi connectivity index (χ4n) is 2.34. The fraction of sp³-hybridized carbons (Fsp3) is 0.105. The van der Waals surface area contributed by atoms with E-state index in [1.165, 1.54) is 22.0 Å². The number of benzene rings is 1. The van der Waals surface area contributed by atoms with E-state index < -0.39 is 5.91 Å². The molecule has 1 N–H and O–H groups in total. The number of rotatable bonds is 5. The standard InChI is InChI=1S/C19H17N3O2S/c1-14-9-11-25-17(14)12-20-21-18(23)16-8-5-10-22(19(16)24)13-15-6-3-2-4-7-15/h2-12H,13H2,1H3,(H,21,23)/b20-12-. The van der Waals surface area contributed by atoms with Gasteiger partial charge in [0.1, 0.15) is 5.56 Å². The Labute approximate surface area is 149 Å². The Balaban J connectivity index is 1.75. The van der Waals surface area contributed by atoms with Gasteiger partial charge >= 0.3 is 0 Å². The molecular formula is C19H17N3O2S. The van der Waals surface area contributed by atoms with Crippen LogP contribution in [-0.4, -0.2) is 16.7 Å². The molecule has 0 saturated carbocycles. The molecule has 0 bridgehead atoms. The molecule has 25 heavy (non-hydrogen) atoms. The van der Waals surface area contributed by atoms with Crippen LogP contribution in [0.2, 0.25) is 0 Å². The Morgan fingerprint density at radius 2 is 2.00 bits per heavy atom. The van der Waals surface area contributed by atoms with Gasteiger partial charge in [0.25, 0.3) is 11.5 Å². The summed E-state index contributed by atoms with van der Waals surface area (Å²) in [7, 11) is 0. The van der Waals surface area contributed by atoms with Gasteiger partial charge in [0.05, 0.1) is 12.8 Å². The van der Waals surface area contributed by atoms with Crippen molar-refractivity contribution in [2.45, 2.75) is 13.5 Å². The number of carbonyl (C=O) groups is 1. The zero-order chi connectivity index (χ0) is 17.6. The molecule has 0 fully saturated rings. The predicted molar refractivity (Wildman–Crippen MR) is 100 cm³/mol. The van der Waals surface area contributed by atoms with E-state index in [9.17, 15) is 9.59 Å². The molecule has 0 unspecified atom stereocenters. The van der Waals surface area contributed by atoms with Gasteiger partial charge in [-0.1, -0.05) is 30.3 Å². The molecule has 0 atom stereocenters. The van der Waals surface area contributed by atoms with Crippen molar-refractivity contribution >= 4 is 23.5 Å². The van der Waals surface area contributed by atoms with Gasteiger partial charge in [-0.05, 0) is 41.6 Å². The summed E-state index contributed by atoms with van der Waals surface area (Å²) in [5, 5.41) is 5.90. The van der Waals surface area contributed by atoms with Crippen LogP contribution in [0.1, 0.15) is 26.4 Å². The Morgan fingerprint density at radius 1 is 1.20 bits per heavy atom. The number of amides is 1. The normalized spacial score (nSPS) is 10.9. The van der Waals surface area contributed by atoms with Crippen LogP contribution >= 0.6 is 11.3 Å². The Morgan fingerprint density at radius 3 is 2.72 bits per heavy atom. The summed E-state index contributed by atoms with van der Waals surface area (Å²) in [5.74, 6) is -0.516. The van der Waals surface area contributed by atoms with Crippen LogP contribution in [0.4, 0.5) is 0 Å². The summed E-state index contributed by atoms with van der Waals surface area (Å²) in [4.78, 5) is 25.7. The van der Waals surface area contributed by atoms with Crippen LogP contribution in [0.3, 0.4) is 0 Å². The smallest absolute Gasteiger partial charge is 0.276 e. The van der Waals surface area contributed by atoms with Gasteiger partial charge in [0, 0.05) is 11.1 Å². The second-order valence-corrected chi connectivity index (χ2v) is 6.46. The maximum atomic E-state index is 12.5. The van der Waals surface area contributed by atoms with Gasteiger partial charge in [0.15, 0.2) is 0 Å². The molecule has 1 amide bonds. The van der Waals surface area contributed by atoms with Crippen molar-refractivity contribution in [1.82, 2.24) is 9.99 Å². The zero-order valence-electron chi connectivity index (χ0n) is 13.7. The first-order valence-corrected chi connectivity index (χ1v) is 8.64. The number of nitrogens with zero attached hydrogens (tertiary/aromatic N) is 2. The van der Waals surface area contributed by atoms with Crippen LogP contribution in [0, 0.1) is 6.92 Å². The second-order valence-electron chi connectivity index (χ2n) is 5.51. The highest BCUT2D eigenvalue weighted by Gasteiger charge is 2.11. The van der Waals surface area contributed by atoms with Crippen molar-refractivity contribution < 1.29 is 4.79 Å². The SMILES string of the molecule is Cc1ccsc1/C=N\NC(=O)c1cccn(Cc2ccccc2)c1=O.